The molecule has 0 bridgehead atoms. The molecule has 0 atom stereocenters. The highest BCUT2D eigenvalue weighted by molar-refractivity contribution is 6.32. The molecular formula is C16H12ClFO3. The maximum atomic E-state index is 13.7. The molecule has 2 rings (SSSR count). The van der Waals surface area contributed by atoms with Crippen molar-refractivity contribution in [3.63, 3.8) is 0 Å². The maximum absolute atomic E-state index is 13.7. The smallest absolute Gasteiger partial charge is 0.170 e. The third-order valence-corrected chi connectivity index (χ3v) is 3.29. The molecule has 0 radical (unpaired) electrons. The number of phenols is 1. The van der Waals surface area contributed by atoms with E-state index in [1.807, 2.05) is 0 Å². The van der Waals surface area contributed by atoms with Crippen molar-refractivity contribution in [3.8, 4) is 5.75 Å². The summed E-state index contributed by atoms with van der Waals surface area (Å²) in [5, 5.41) is 9.25. The van der Waals surface area contributed by atoms with Gasteiger partial charge in [0.1, 0.15) is 5.78 Å². The van der Waals surface area contributed by atoms with Gasteiger partial charge >= 0.3 is 0 Å². The Hall–Kier alpha value is -2.20. The summed E-state index contributed by atoms with van der Waals surface area (Å²) >= 11 is 5.56. The minimum absolute atomic E-state index is 0.0164. The van der Waals surface area contributed by atoms with E-state index >= 15 is 0 Å². The zero-order valence-corrected chi connectivity index (χ0v) is 11.7. The molecular weight excluding hydrogens is 295 g/mol. The highest BCUT2D eigenvalue weighted by Crippen LogP contribution is 2.28. The van der Waals surface area contributed by atoms with Crippen molar-refractivity contribution in [2.24, 2.45) is 0 Å². The number of hydrogen-bond acceptors (Lipinski definition) is 3. The first-order valence-corrected chi connectivity index (χ1v) is 6.62. The normalized spacial score (nSPS) is 10.4. The number of phenolic OH excluding ortho intramolecular Hbond substituents is 1. The van der Waals surface area contributed by atoms with Crippen molar-refractivity contribution >= 4 is 23.2 Å². The van der Waals surface area contributed by atoms with E-state index in [2.05, 4.69) is 0 Å². The molecule has 3 nitrogen and oxygen atoms in total. The zero-order valence-electron chi connectivity index (χ0n) is 11.0. The predicted molar refractivity (Wildman–Crippen MR) is 77.2 cm³/mol. The average molecular weight is 307 g/mol. The molecule has 0 unspecified atom stereocenters. The molecule has 0 aliphatic rings. The minimum atomic E-state index is -0.928. The Labute approximate surface area is 126 Å². The Morgan fingerprint density at radius 3 is 2.43 bits per heavy atom. The van der Waals surface area contributed by atoms with Crippen molar-refractivity contribution in [2.45, 2.75) is 12.8 Å². The first-order chi connectivity index (χ1) is 9.99. The fourth-order valence-electron chi connectivity index (χ4n) is 1.90. The number of aromatic hydroxyl groups is 1. The molecule has 0 aliphatic heterocycles. The van der Waals surface area contributed by atoms with E-state index in [4.69, 9.17) is 11.6 Å². The molecule has 5 heteroatoms. The predicted octanol–water partition coefficient (Wildman–Crippen LogP) is 3.57. The fraction of sp³-hybridized carbons (Fsp3) is 0.125. The van der Waals surface area contributed by atoms with E-state index in [0.29, 0.717) is 5.56 Å². The Morgan fingerprint density at radius 1 is 1.10 bits per heavy atom. The van der Waals surface area contributed by atoms with Gasteiger partial charge in [-0.1, -0.05) is 48.0 Å². The van der Waals surface area contributed by atoms with Gasteiger partial charge in [-0.2, -0.15) is 0 Å². The van der Waals surface area contributed by atoms with Crippen LogP contribution in [0.25, 0.3) is 0 Å². The summed E-state index contributed by atoms with van der Waals surface area (Å²) in [5.41, 5.74) is 0.452. The van der Waals surface area contributed by atoms with Crippen LogP contribution in [0.15, 0.2) is 42.5 Å². The van der Waals surface area contributed by atoms with Gasteiger partial charge in [-0.25, -0.2) is 4.39 Å². The average Bonchev–Trinajstić information content (AvgIpc) is 2.49. The van der Waals surface area contributed by atoms with Crippen molar-refractivity contribution < 1.29 is 19.1 Å². The lowest BCUT2D eigenvalue weighted by Gasteiger charge is -2.05. The summed E-state index contributed by atoms with van der Waals surface area (Å²) in [6.45, 7) is 0. The topological polar surface area (TPSA) is 54.4 Å². The molecule has 108 valence electrons. The number of Topliss-reactive ketones (excluding diaryl/α,β-unsaturated/α-hetero) is 2. The van der Waals surface area contributed by atoms with Crippen LogP contribution < -0.4 is 0 Å². The van der Waals surface area contributed by atoms with Crippen LogP contribution in [0, 0.1) is 5.82 Å². The quantitative estimate of drug-likeness (QED) is 0.678. The molecule has 1 N–H and O–H groups in total. The Kier molecular flexibility index (Phi) is 4.70. The van der Waals surface area contributed by atoms with Gasteiger partial charge in [-0.05, 0) is 11.6 Å². The van der Waals surface area contributed by atoms with Crippen LogP contribution in [0.1, 0.15) is 22.3 Å². The summed E-state index contributed by atoms with van der Waals surface area (Å²) in [5.74, 6) is -2.36. The van der Waals surface area contributed by atoms with Gasteiger partial charge in [0.25, 0.3) is 0 Å². The van der Waals surface area contributed by atoms with E-state index < -0.39 is 17.3 Å². The van der Waals surface area contributed by atoms with E-state index in [0.717, 1.165) is 0 Å². The van der Waals surface area contributed by atoms with Crippen LogP contribution in [-0.4, -0.2) is 16.7 Å². The maximum Gasteiger partial charge on any atom is 0.170 e. The van der Waals surface area contributed by atoms with Gasteiger partial charge in [0.05, 0.1) is 11.4 Å². The molecule has 2 aromatic carbocycles. The van der Waals surface area contributed by atoms with Crippen LogP contribution >= 0.6 is 11.6 Å². The summed E-state index contributed by atoms with van der Waals surface area (Å²) in [6.07, 6.45) is -0.581. The van der Waals surface area contributed by atoms with Crippen LogP contribution in [-0.2, 0) is 11.2 Å². The van der Waals surface area contributed by atoms with Crippen molar-refractivity contribution in [3.05, 3.63) is 64.4 Å². The van der Waals surface area contributed by atoms with Gasteiger partial charge in [-0.15, -0.1) is 0 Å². The minimum Gasteiger partial charge on any atom is -0.504 e. The lowest BCUT2D eigenvalue weighted by Crippen LogP contribution is -2.11. The molecule has 0 fully saturated rings. The highest BCUT2D eigenvalue weighted by atomic mass is 35.5. The highest BCUT2D eigenvalue weighted by Gasteiger charge is 2.17. The monoisotopic (exact) mass is 306 g/mol. The summed E-state index contributed by atoms with van der Waals surface area (Å²) in [6, 6.07) is 11.0. The molecule has 0 saturated heterocycles. The van der Waals surface area contributed by atoms with Gasteiger partial charge in [0.15, 0.2) is 17.3 Å². The second kappa shape index (κ2) is 6.50. The number of carbonyl (C=O) groups is 2. The first kappa shape index (κ1) is 15.2. The Morgan fingerprint density at radius 2 is 1.76 bits per heavy atom. The number of carbonyl (C=O) groups excluding carboxylic acids is 2. The molecule has 2 aromatic rings. The molecule has 0 saturated carbocycles. The van der Waals surface area contributed by atoms with E-state index in [9.17, 15) is 19.1 Å². The molecule has 0 aliphatic carbocycles. The third-order valence-electron chi connectivity index (χ3n) is 2.99. The van der Waals surface area contributed by atoms with Crippen LogP contribution in [0.3, 0.4) is 0 Å². The lowest BCUT2D eigenvalue weighted by atomic mass is 10.0. The molecule has 0 spiro atoms. The van der Waals surface area contributed by atoms with Crippen LogP contribution in [0.4, 0.5) is 4.39 Å². The molecule has 0 amide bonds. The van der Waals surface area contributed by atoms with Gasteiger partial charge in [0.2, 0.25) is 0 Å². The van der Waals surface area contributed by atoms with Crippen molar-refractivity contribution in [2.75, 3.05) is 0 Å². The van der Waals surface area contributed by atoms with Gasteiger partial charge in [0, 0.05) is 12.0 Å². The Balaban J connectivity index is 2.06. The van der Waals surface area contributed by atoms with Crippen molar-refractivity contribution in [1.29, 1.82) is 0 Å². The third kappa shape index (κ3) is 3.67. The SMILES string of the molecule is O=C(CC(=O)c1ccccc1)Cc1ccc(Cl)c(O)c1F. The lowest BCUT2D eigenvalue weighted by molar-refractivity contribution is -0.117. The van der Waals surface area contributed by atoms with E-state index in [1.54, 1.807) is 30.3 Å². The number of rotatable bonds is 5. The summed E-state index contributed by atoms with van der Waals surface area (Å²) in [4.78, 5) is 23.7. The first-order valence-electron chi connectivity index (χ1n) is 6.25. The van der Waals surface area contributed by atoms with Gasteiger partial charge < -0.3 is 5.11 Å². The number of ketones is 2. The Bertz CT molecular complexity index is 683. The van der Waals surface area contributed by atoms with Crippen molar-refractivity contribution in [1.82, 2.24) is 0 Å². The number of halogens is 2. The number of benzene rings is 2. The second-order valence-electron chi connectivity index (χ2n) is 4.55. The van der Waals surface area contributed by atoms with E-state index in [-0.39, 0.29) is 29.2 Å². The summed E-state index contributed by atoms with van der Waals surface area (Å²) < 4.78 is 13.7. The molecule has 0 aromatic heterocycles. The van der Waals surface area contributed by atoms with Gasteiger partial charge in [-0.3, -0.25) is 9.59 Å². The molecule has 0 heterocycles. The fourth-order valence-corrected chi connectivity index (χ4v) is 2.05. The van der Waals surface area contributed by atoms with Crippen LogP contribution in [0.2, 0.25) is 5.02 Å². The number of hydrogen-bond donors (Lipinski definition) is 1. The summed E-state index contributed by atoms with van der Waals surface area (Å²) in [7, 11) is 0. The largest absolute Gasteiger partial charge is 0.504 e. The molecule has 21 heavy (non-hydrogen) atoms. The standard InChI is InChI=1S/C16H12ClFO3/c17-13-7-6-11(15(18)16(13)21)8-12(19)9-14(20)10-4-2-1-3-5-10/h1-7,21H,8-9H2. The zero-order chi connectivity index (χ0) is 15.4. The van der Waals surface area contributed by atoms with E-state index in [1.165, 1.54) is 12.1 Å². The van der Waals surface area contributed by atoms with Crippen LogP contribution in [0.5, 0.6) is 5.75 Å². The second-order valence-corrected chi connectivity index (χ2v) is 4.96.